The molecule has 0 unspecified atom stereocenters. The largest absolute Gasteiger partial charge is 0.490 e. The van der Waals surface area contributed by atoms with Gasteiger partial charge in [-0.05, 0) is 20.8 Å². The fourth-order valence-corrected chi connectivity index (χ4v) is 1.39. The van der Waals surface area contributed by atoms with Crippen molar-refractivity contribution >= 4 is 0 Å². The Kier molecular flexibility index (Phi) is 3.31. The second-order valence-electron chi connectivity index (χ2n) is 4.47. The first-order chi connectivity index (χ1) is 7.62. The Balaban J connectivity index is 3.50. The lowest BCUT2D eigenvalue weighted by molar-refractivity contribution is -0.142. The summed E-state index contributed by atoms with van der Waals surface area (Å²) in [7, 11) is 2.43. The lowest BCUT2D eigenvalue weighted by Crippen LogP contribution is -2.24. The predicted molar refractivity (Wildman–Crippen MR) is 55.3 cm³/mol. The average molecular weight is 252 g/mol. The van der Waals surface area contributed by atoms with Gasteiger partial charge in [0.2, 0.25) is 11.4 Å². The van der Waals surface area contributed by atoms with Crippen molar-refractivity contribution in [2.75, 3.05) is 14.2 Å². The SMILES string of the molecule is COc1c(C(F)(F)F)nn(C(C)(C)C)c1OC. The fourth-order valence-electron chi connectivity index (χ4n) is 1.39. The lowest BCUT2D eigenvalue weighted by Gasteiger charge is -2.21. The summed E-state index contributed by atoms with van der Waals surface area (Å²) in [5.74, 6) is -0.428. The van der Waals surface area contributed by atoms with Crippen molar-refractivity contribution < 1.29 is 22.6 Å². The van der Waals surface area contributed by atoms with Crippen molar-refractivity contribution in [3.63, 3.8) is 0 Å². The zero-order valence-electron chi connectivity index (χ0n) is 10.3. The number of nitrogens with zero attached hydrogens (tertiary/aromatic N) is 2. The molecule has 0 spiro atoms. The van der Waals surface area contributed by atoms with Gasteiger partial charge in [-0.1, -0.05) is 0 Å². The van der Waals surface area contributed by atoms with Crippen molar-refractivity contribution in [3.8, 4) is 11.6 Å². The number of halogens is 3. The van der Waals surface area contributed by atoms with Crippen LogP contribution in [0.3, 0.4) is 0 Å². The van der Waals surface area contributed by atoms with Gasteiger partial charge >= 0.3 is 6.18 Å². The van der Waals surface area contributed by atoms with E-state index in [-0.39, 0.29) is 5.88 Å². The van der Waals surface area contributed by atoms with Crippen LogP contribution in [0.15, 0.2) is 0 Å². The third kappa shape index (κ3) is 2.48. The summed E-state index contributed by atoms with van der Waals surface area (Å²) >= 11 is 0. The van der Waals surface area contributed by atoms with Crippen LogP contribution >= 0.6 is 0 Å². The second-order valence-corrected chi connectivity index (χ2v) is 4.47. The van der Waals surface area contributed by atoms with E-state index in [0.29, 0.717) is 0 Å². The Morgan fingerprint density at radius 2 is 1.59 bits per heavy atom. The first-order valence-corrected chi connectivity index (χ1v) is 4.91. The van der Waals surface area contributed by atoms with Gasteiger partial charge in [-0.2, -0.15) is 18.3 Å². The molecule has 0 saturated carbocycles. The van der Waals surface area contributed by atoms with Crippen LogP contribution in [0.1, 0.15) is 26.5 Å². The quantitative estimate of drug-likeness (QED) is 0.811. The molecular weight excluding hydrogens is 237 g/mol. The molecule has 1 aromatic rings. The maximum Gasteiger partial charge on any atom is 0.439 e. The third-order valence-corrected chi connectivity index (χ3v) is 2.10. The lowest BCUT2D eigenvalue weighted by atomic mass is 10.1. The standard InChI is InChI=1S/C10H15F3N2O2/c1-9(2,3)15-8(17-5)6(16-4)7(14-15)10(11,12)13/h1-5H3. The molecule has 0 saturated heterocycles. The number of rotatable bonds is 2. The van der Waals surface area contributed by atoms with Gasteiger partial charge in [-0.3, -0.25) is 0 Å². The minimum atomic E-state index is -4.57. The van der Waals surface area contributed by atoms with E-state index in [2.05, 4.69) is 5.10 Å². The fraction of sp³-hybridized carbons (Fsp3) is 0.700. The zero-order valence-corrected chi connectivity index (χ0v) is 10.3. The van der Waals surface area contributed by atoms with E-state index in [1.54, 1.807) is 20.8 Å². The molecule has 98 valence electrons. The first-order valence-electron chi connectivity index (χ1n) is 4.91. The molecule has 0 radical (unpaired) electrons. The van der Waals surface area contributed by atoms with Gasteiger partial charge in [0.1, 0.15) is 0 Å². The van der Waals surface area contributed by atoms with Crippen LogP contribution in [0.4, 0.5) is 13.2 Å². The van der Waals surface area contributed by atoms with Crippen molar-refractivity contribution in [2.24, 2.45) is 0 Å². The van der Waals surface area contributed by atoms with Crippen molar-refractivity contribution in [2.45, 2.75) is 32.5 Å². The van der Waals surface area contributed by atoms with Gasteiger partial charge in [0, 0.05) is 0 Å². The van der Waals surface area contributed by atoms with Gasteiger partial charge in [-0.25, -0.2) is 4.68 Å². The number of hydrogen-bond acceptors (Lipinski definition) is 3. The highest BCUT2D eigenvalue weighted by Crippen LogP contribution is 2.42. The molecule has 0 bridgehead atoms. The Hall–Kier alpha value is -1.40. The molecule has 0 N–H and O–H groups in total. The van der Waals surface area contributed by atoms with Gasteiger partial charge in [0.05, 0.1) is 19.8 Å². The highest BCUT2D eigenvalue weighted by molar-refractivity contribution is 5.41. The van der Waals surface area contributed by atoms with Crippen LogP contribution in [0.25, 0.3) is 0 Å². The van der Waals surface area contributed by atoms with Gasteiger partial charge in [0.25, 0.3) is 5.88 Å². The summed E-state index contributed by atoms with van der Waals surface area (Å²) in [6.45, 7) is 5.17. The van der Waals surface area contributed by atoms with E-state index in [4.69, 9.17) is 9.47 Å². The highest BCUT2D eigenvalue weighted by atomic mass is 19.4. The normalized spacial score (nSPS) is 12.7. The monoisotopic (exact) mass is 252 g/mol. The van der Waals surface area contributed by atoms with E-state index in [1.165, 1.54) is 7.11 Å². The highest BCUT2D eigenvalue weighted by Gasteiger charge is 2.42. The summed E-state index contributed by atoms with van der Waals surface area (Å²) in [4.78, 5) is 0. The summed E-state index contributed by atoms with van der Waals surface area (Å²) in [6, 6.07) is 0. The molecule has 7 heteroatoms. The van der Waals surface area contributed by atoms with E-state index in [0.717, 1.165) is 11.8 Å². The number of methoxy groups -OCH3 is 2. The Bertz CT molecular complexity index is 368. The average Bonchev–Trinajstić information content (AvgIpc) is 2.54. The van der Waals surface area contributed by atoms with E-state index >= 15 is 0 Å². The van der Waals surface area contributed by atoms with E-state index < -0.39 is 23.2 Å². The molecule has 1 rings (SSSR count). The third-order valence-electron chi connectivity index (χ3n) is 2.10. The van der Waals surface area contributed by atoms with Crippen LogP contribution in [0.2, 0.25) is 0 Å². The van der Waals surface area contributed by atoms with Crippen LogP contribution in [-0.2, 0) is 11.7 Å². The van der Waals surface area contributed by atoms with Crippen LogP contribution in [-0.4, -0.2) is 24.0 Å². The molecule has 17 heavy (non-hydrogen) atoms. The summed E-state index contributed by atoms with van der Waals surface area (Å²) in [6.07, 6.45) is -4.57. The number of alkyl halides is 3. The molecule has 0 aromatic carbocycles. The Labute approximate surface area is 97.3 Å². The topological polar surface area (TPSA) is 36.3 Å². The maximum atomic E-state index is 12.7. The minimum absolute atomic E-state index is 0.0349. The summed E-state index contributed by atoms with van der Waals surface area (Å²) in [5.41, 5.74) is -1.71. The molecule has 0 atom stereocenters. The molecule has 0 aliphatic carbocycles. The van der Waals surface area contributed by atoms with Crippen molar-refractivity contribution in [1.82, 2.24) is 9.78 Å². The van der Waals surface area contributed by atoms with Crippen LogP contribution < -0.4 is 9.47 Å². The molecular formula is C10H15F3N2O2. The van der Waals surface area contributed by atoms with Gasteiger partial charge in [0.15, 0.2) is 0 Å². The molecule has 1 aromatic heterocycles. The molecule has 0 aliphatic heterocycles. The zero-order chi connectivity index (χ0) is 13.4. The summed E-state index contributed by atoms with van der Waals surface area (Å²) < 4.78 is 49.1. The molecule has 1 heterocycles. The van der Waals surface area contributed by atoms with Crippen molar-refractivity contribution in [1.29, 1.82) is 0 Å². The molecule has 0 amide bonds. The van der Waals surface area contributed by atoms with E-state index in [1.807, 2.05) is 0 Å². The minimum Gasteiger partial charge on any atom is -0.490 e. The molecule has 4 nitrogen and oxygen atoms in total. The number of ether oxygens (including phenoxy) is 2. The summed E-state index contributed by atoms with van der Waals surface area (Å²) in [5, 5.41) is 3.54. The number of hydrogen-bond donors (Lipinski definition) is 0. The Morgan fingerprint density at radius 3 is 1.88 bits per heavy atom. The van der Waals surface area contributed by atoms with Crippen LogP contribution in [0.5, 0.6) is 11.6 Å². The van der Waals surface area contributed by atoms with E-state index in [9.17, 15) is 13.2 Å². The Morgan fingerprint density at radius 1 is 1.06 bits per heavy atom. The van der Waals surface area contributed by atoms with Crippen molar-refractivity contribution in [3.05, 3.63) is 5.69 Å². The maximum absolute atomic E-state index is 12.7. The molecule has 0 aliphatic rings. The second kappa shape index (κ2) is 4.12. The molecule has 0 fully saturated rings. The van der Waals surface area contributed by atoms with Gasteiger partial charge < -0.3 is 9.47 Å². The smallest absolute Gasteiger partial charge is 0.439 e. The number of aromatic nitrogens is 2. The first kappa shape index (κ1) is 13.7. The van der Waals surface area contributed by atoms with Gasteiger partial charge in [-0.15, -0.1) is 0 Å². The predicted octanol–water partition coefficient (Wildman–Crippen LogP) is 2.67. The van der Waals surface area contributed by atoms with Crippen LogP contribution in [0, 0.1) is 0 Å².